The lowest BCUT2D eigenvalue weighted by Crippen LogP contribution is -2.61. The van der Waals surface area contributed by atoms with E-state index in [1.54, 1.807) is 0 Å². The van der Waals surface area contributed by atoms with Crippen LogP contribution in [-0.2, 0) is 49.6 Å². The lowest BCUT2D eigenvalue weighted by molar-refractivity contribution is -0.142. The van der Waals surface area contributed by atoms with Crippen LogP contribution in [0.15, 0.2) is 54.0 Å². The Bertz CT molecular complexity index is 2220. The van der Waals surface area contributed by atoms with E-state index in [0.29, 0.717) is 44.3 Å². The van der Waals surface area contributed by atoms with Crippen LogP contribution in [0.5, 0.6) is 0 Å². The van der Waals surface area contributed by atoms with Crippen molar-refractivity contribution in [2.45, 2.75) is 132 Å². The van der Waals surface area contributed by atoms with Gasteiger partial charge < -0.3 is 109 Å². The predicted molar refractivity (Wildman–Crippen MR) is 288 cm³/mol. The average Bonchev–Trinajstić information content (AvgIpc) is 4.13. The number of aromatic nitrogens is 2. The predicted octanol–water partition coefficient (Wildman–Crippen LogP) is -7.80. The molecule has 9 amide bonds. The fraction of sp³-hybridized carbons (Fsp3) is 0.596. The lowest BCUT2D eigenvalue weighted by atomic mass is 10.0. The summed E-state index contributed by atoms with van der Waals surface area (Å²) in [5, 5.41) is 31.1. The molecule has 0 spiro atoms. The summed E-state index contributed by atoms with van der Waals surface area (Å²) in [6.45, 7) is 3.33. The van der Waals surface area contributed by atoms with Crippen LogP contribution in [0.3, 0.4) is 0 Å². The first-order chi connectivity index (χ1) is 37.2. The topological polar surface area (TPSA) is 549 Å². The zero-order chi connectivity index (χ0) is 58.2. The van der Waals surface area contributed by atoms with E-state index in [-0.39, 0.29) is 94.9 Å². The number of amides is 9. The number of guanidine groups is 1. The summed E-state index contributed by atoms with van der Waals surface area (Å²) in [5.74, 6) is -7.66. The number of nitrogens with two attached hydrogens (primary N) is 9. The van der Waals surface area contributed by atoms with E-state index >= 15 is 0 Å². The maximum atomic E-state index is 14.3. The monoisotopic (exact) mass is 1100 g/mol. The SMILES string of the molecule is C=CN/C(=C\N)CC(NC(=O)[C@@H](NC(=O)C(N)CCCCN)[C@@H](O)CN)C(=O)NCC(=O)N[C@H](CCCN)C(=O)N1CCC[C@H]1C(=O)N[C@@H](Cc1cnc[nH]1)C(=O)N[C@@H](CCCCN)C(=O)N/C(=C\CCN=C(N)N)C(N)=O. The molecule has 78 heavy (non-hydrogen) atoms. The Labute approximate surface area is 452 Å². The molecule has 0 saturated carbocycles. The van der Waals surface area contributed by atoms with Gasteiger partial charge >= 0.3 is 0 Å². The van der Waals surface area contributed by atoms with Gasteiger partial charge in [0.2, 0.25) is 47.3 Å². The van der Waals surface area contributed by atoms with Crippen molar-refractivity contribution < 1.29 is 48.3 Å². The average molecular weight is 1100 g/mol. The molecule has 1 aliphatic rings. The number of nitrogens with one attached hydrogen (secondary N) is 9. The number of hydrogen-bond acceptors (Lipinski definition) is 19. The summed E-state index contributed by atoms with van der Waals surface area (Å²) in [7, 11) is 0. The normalized spacial score (nSPS) is 16.1. The van der Waals surface area contributed by atoms with E-state index in [0.717, 1.165) is 6.20 Å². The number of aliphatic imine (C=N–C) groups is 1. The Morgan fingerprint density at radius 2 is 1.47 bits per heavy atom. The molecule has 31 nitrogen and oxygen atoms in total. The van der Waals surface area contributed by atoms with Gasteiger partial charge in [0.25, 0.3) is 5.91 Å². The molecular formula is C47H83N21O10. The summed E-state index contributed by atoms with van der Waals surface area (Å²) in [4.78, 5) is 134. The molecule has 436 valence electrons. The Balaban J connectivity index is 2.32. The van der Waals surface area contributed by atoms with Crippen molar-refractivity contribution in [2.75, 3.05) is 45.8 Å². The molecule has 0 radical (unpaired) electrons. The molecule has 0 aliphatic carbocycles. The Hall–Kier alpha value is -7.71. The minimum absolute atomic E-state index is 0.0189. The third kappa shape index (κ3) is 23.7. The zero-order valence-corrected chi connectivity index (χ0v) is 44.0. The van der Waals surface area contributed by atoms with Gasteiger partial charge in [0.05, 0.1) is 25.0 Å². The maximum absolute atomic E-state index is 14.3. The number of aromatic amines is 1. The summed E-state index contributed by atoms with van der Waals surface area (Å²) in [6.07, 6.45) is 7.68. The highest BCUT2D eigenvalue weighted by Crippen LogP contribution is 2.20. The number of primary amides is 1. The molecule has 1 aromatic heterocycles. The van der Waals surface area contributed by atoms with E-state index in [2.05, 4.69) is 64.1 Å². The van der Waals surface area contributed by atoms with E-state index in [1.807, 2.05) is 0 Å². The first-order valence-electron chi connectivity index (χ1n) is 25.7. The molecule has 1 saturated heterocycles. The number of carbonyl (C=O) groups is 9. The third-order valence-corrected chi connectivity index (χ3v) is 12.1. The fourth-order valence-corrected chi connectivity index (χ4v) is 7.95. The number of nitrogens with zero attached hydrogens (tertiary/aromatic N) is 3. The van der Waals surface area contributed by atoms with E-state index in [4.69, 9.17) is 51.6 Å². The molecule has 0 bridgehead atoms. The van der Waals surface area contributed by atoms with Gasteiger partial charge in [-0.2, -0.15) is 0 Å². The molecular weight excluding hydrogens is 1020 g/mol. The van der Waals surface area contributed by atoms with Crippen molar-refractivity contribution in [1.82, 2.24) is 57.4 Å². The second kappa shape index (κ2) is 36.3. The van der Waals surface area contributed by atoms with Crippen molar-refractivity contribution in [3.8, 4) is 0 Å². The maximum Gasteiger partial charge on any atom is 0.264 e. The molecule has 28 N–H and O–H groups in total. The lowest BCUT2D eigenvalue weighted by Gasteiger charge is -2.30. The number of unbranched alkanes of at least 4 members (excludes halogenated alkanes) is 2. The van der Waals surface area contributed by atoms with Gasteiger partial charge in [-0.3, -0.25) is 48.1 Å². The molecule has 1 aromatic rings. The highest BCUT2D eigenvalue weighted by atomic mass is 16.3. The van der Waals surface area contributed by atoms with Crippen LogP contribution in [0.4, 0.5) is 0 Å². The van der Waals surface area contributed by atoms with Crippen molar-refractivity contribution in [1.29, 1.82) is 0 Å². The van der Waals surface area contributed by atoms with E-state index in [1.165, 1.54) is 29.7 Å². The van der Waals surface area contributed by atoms with Gasteiger partial charge in [0, 0.05) is 56.3 Å². The van der Waals surface area contributed by atoms with Crippen LogP contribution in [0, 0.1) is 0 Å². The largest absolute Gasteiger partial charge is 0.403 e. The number of H-pyrrole nitrogens is 1. The van der Waals surface area contributed by atoms with Crippen LogP contribution >= 0.6 is 0 Å². The highest BCUT2D eigenvalue weighted by Gasteiger charge is 2.40. The number of aliphatic hydroxyl groups excluding tert-OH is 1. The molecule has 1 fully saturated rings. The first kappa shape index (κ1) is 66.4. The van der Waals surface area contributed by atoms with Gasteiger partial charge in [0.15, 0.2) is 5.96 Å². The van der Waals surface area contributed by atoms with Crippen molar-refractivity contribution in [2.24, 2.45) is 56.6 Å². The smallest absolute Gasteiger partial charge is 0.264 e. The Morgan fingerprint density at radius 1 is 0.808 bits per heavy atom. The number of carbonyl (C=O) groups excluding carboxylic acids is 9. The van der Waals surface area contributed by atoms with Crippen LogP contribution in [0.1, 0.15) is 82.7 Å². The standard InChI is InChI=1S/C47H83N21O10/c1-2-58-27(22-51)20-33(66-45(77)38(36(69)23-52)67-40(72)29(53)10-3-5-15-48)41(73)60-25-37(70)62-32(12-7-17-50)46(78)68-19-9-14-35(68)44(76)65-34(21-28-24-57-26-61-28)43(75)64-31(11-4-6-16-49)42(74)63-30(39(54)71)13-8-18-59-47(55)56/h2,13,22,24,26,29,31-36,38,58,69H,1,3-12,14-21,23,25,48-53H2,(H2,54,71)(H,57,61)(H,60,73)(H,62,70)(H,63,74)(H,64,75)(H,65,76)(H,66,77)(H,67,72)(H4,55,56,59)/b27-22-,30-13-/t29?,31-,32+,33?,34-,35-,36-,38-/m0/s1. The molecule has 31 heteroatoms. The number of likely N-dealkylation sites (tertiary alicyclic amines) is 1. The number of aliphatic hydroxyl groups is 1. The van der Waals surface area contributed by atoms with E-state index in [9.17, 15) is 48.3 Å². The summed E-state index contributed by atoms with van der Waals surface area (Å²) in [5.41, 5.74) is 51.1. The Morgan fingerprint density at radius 3 is 2.08 bits per heavy atom. The Kier molecular flexibility index (Phi) is 30.9. The summed E-state index contributed by atoms with van der Waals surface area (Å²) in [6, 6.07) is -9.17. The minimum Gasteiger partial charge on any atom is -0.403 e. The van der Waals surface area contributed by atoms with Crippen LogP contribution < -0.4 is 94.1 Å². The molecule has 8 atom stereocenters. The first-order valence-corrected chi connectivity index (χ1v) is 25.7. The second-order valence-electron chi connectivity index (χ2n) is 18.2. The zero-order valence-electron chi connectivity index (χ0n) is 44.0. The highest BCUT2D eigenvalue weighted by molar-refractivity contribution is 6.00. The number of rotatable bonds is 38. The van der Waals surface area contributed by atoms with Crippen LogP contribution in [0.2, 0.25) is 0 Å². The third-order valence-electron chi connectivity index (χ3n) is 12.1. The van der Waals surface area contributed by atoms with Crippen LogP contribution in [-0.4, -0.2) is 173 Å². The van der Waals surface area contributed by atoms with Crippen LogP contribution in [0.25, 0.3) is 0 Å². The fourth-order valence-electron chi connectivity index (χ4n) is 7.95. The molecule has 0 aromatic carbocycles. The minimum atomic E-state index is -1.66. The molecule has 1 aliphatic heterocycles. The summed E-state index contributed by atoms with van der Waals surface area (Å²) < 4.78 is 0. The quantitative estimate of drug-likeness (QED) is 0.0127. The van der Waals surface area contributed by atoms with E-state index < -0.39 is 115 Å². The van der Waals surface area contributed by atoms with Gasteiger partial charge in [0.1, 0.15) is 41.9 Å². The molecule has 2 heterocycles. The van der Waals surface area contributed by atoms with Gasteiger partial charge in [-0.1, -0.05) is 19.1 Å². The van der Waals surface area contributed by atoms with Gasteiger partial charge in [-0.25, -0.2) is 4.98 Å². The van der Waals surface area contributed by atoms with Gasteiger partial charge in [-0.15, -0.1) is 0 Å². The van der Waals surface area contributed by atoms with Gasteiger partial charge in [-0.05, 0) is 90.0 Å². The molecule has 2 rings (SSSR count). The summed E-state index contributed by atoms with van der Waals surface area (Å²) >= 11 is 0. The number of hydrogen-bond donors (Lipinski definition) is 19. The number of imidazole rings is 1. The second-order valence-corrected chi connectivity index (χ2v) is 18.2. The van der Waals surface area contributed by atoms with Crippen molar-refractivity contribution in [3.63, 3.8) is 0 Å². The van der Waals surface area contributed by atoms with Crippen molar-refractivity contribution >= 4 is 59.1 Å². The van der Waals surface area contributed by atoms with Crippen molar-refractivity contribution in [3.05, 3.63) is 54.7 Å². The molecule has 2 unspecified atom stereocenters.